The molecule has 0 aliphatic carbocycles. The lowest BCUT2D eigenvalue weighted by Crippen LogP contribution is -2.51. The smallest absolute Gasteiger partial charge is 0.325 e. The van der Waals surface area contributed by atoms with Crippen molar-refractivity contribution in [3.63, 3.8) is 0 Å². The average molecular weight is 681 g/mol. The summed E-state index contributed by atoms with van der Waals surface area (Å²) in [4.78, 5) is 48.1. The van der Waals surface area contributed by atoms with Gasteiger partial charge in [0.2, 0.25) is 5.91 Å². The molecule has 2 aromatic carbocycles. The van der Waals surface area contributed by atoms with Crippen molar-refractivity contribution in [3.05, 3.63) is 87.1 Å². The average Bonchev–Trinajstić information content (AvgIpc) is 3.53. The van der Waals surface area contributed by atoms with Crippen LogP contribution in [-0.4, -0.2) is 51.5 Å². The van der Waals surface area contributed by atoms with E-state index in [9.17, 15) is 23.9 Å². The lowest BCUT2D eigenvalue weighted by molar-refractivity contribution is -0.141. The number of carboxylic acid groups (broad SMARTS) is 1. The van der Waals surface area contributed by atoms with E-state index in [1.165, 1.54) is 24.3 Å². The van der Waals surface area contributed by atoms with E-state index in [1.807, 2.05) is 19.9 Å². The first-order valence-corrected chi connectivity index (χ1v) is 16.3. The summed E-state index contributed by atoms with van der Waals surface area (Å²) in [5, 5.41) is 14.5. The molecule has 0 unspecified atom stereocenters. The highest BCUT2D eigenvalue weighted by Crippen LogP contribution is 2.33. The fourth-order valence-electron chi connectivity index (χ4n) is 4.42. The number of hydrogen-bond acceptors (Lipinski definition) is 7. The molecule has 0 aliphatic rings. The molecule has 12 heteroatoms. The number of carbonyl (C=O) groups is 3. The van der Waals surface area contributed by atoms with Crippen LogP contribution in [-0.2, 0) is 21.4 Å². The summed E-state index contributed by atoms with van der Waals surface area (Å²) in [6, 6.07) is 11.7. The number of rotatable bonds is 12. The zero-order valence-corrected chi connectivity index (χ0v) is 28.6. The van der Waals surface area contributed by atoms with Crippen LogP contribution in [0, 0.1) is 11.7 Å². The first-order valence-electron chi connectivity index (χ1n) is 15.1. The van der Waals surface area contributed by atoms with Crippen molar-refractivity contribution >= 4 is 40.7 Å². The number of thiophene rings is 1. The van der Waals surface area contributed by atoms with Crippen molar-refractivity contribution in [2.45, 2.75) is 65.5 Å². The Morgan fingerprint density at radius 1 is 0.957 bits per heavy atom. The van der Waals surface area contributed by atoms with Crippen LogP contribution in [0.5, 0.6) is 5.75 Å². The molecule has 47 heavy (non-hydrogen) atoms. The molecule has 0 spiro atoms. The number of nitrogens with zero attached hydrogens (tertiary/aromatic N) is 2. The highest BCUT2D eigenvalue weighted by Gasteiger charge is 2.26. The fourth-order valence-corrected chi connectivity index (χ4v) is 5.60. The zero-order chi connectivity index (χ0) is 34.5. The standard InChI is InChI=1S/C35H38ClFN4O5S/c1-19(2)18-46-27-15-23(14-25(36)30(27)37)24-16-38-31(39-17-24)22-9-7-21(8-10-22)13-26(32(42)40-20(3)34(44)45)41-33(43)28-11-12-29(47-28)35(4,5)6/h7-12,14-17,19-20,26H,13,18H2,1-6H3,(H,40,42)(H,41,43)(H,44,45)/t20-,26+/m1/s1. The van der Waals surface area contributed by atoms with Gasteiger partial charge in [-0.3, -0.25) is 14.4 Å². The lowest BCUT2D eigenvalue weighted by atomic mass is 9.95. The molecule has 0 saturated heterocycles. The van der Waals surface area contributed by atoms with Gasteiger partial charge in [0.1, 0.15) is 12.1 Å². The van der Waals surface area contributed by atoms with Crippen molar-refractivity contribution in [2.75, 3.05) is 6.61 Å². The predicted octanol–water partition coefficient (Wildman–Crippen LogP) is 6.93. The van der Waals surface area contributed by atoms with Crippen molar-refractivity contribution in [1.82, 2.24) is 20.6 Å². The highest BCUT2D eigenvalue weighted by molar-refractivity contribution is 7.14. The van der Waals surface area contributed by atoms with Crippen molar-refractivity contribution in [2.24, 2.45) is 5.92 Å². The van der Waals surface area contributed by atoms with Crippen LogP contribution in [0.15, 0.2) is 60.9 Å². The number of carboxylic acids is 1. The number of aromatic nitrogens is 2. The van der Waals surface area contributed by atoms with E-state index in [1.54, 1.807) is 48.8 Å². The summed E-state index contributed by atoms with van der Waals surface area (Å²) in [5.41, 5.74) is 2.53. The van der Waals surface area contributed by atoms with Gasteiger partial charge in [0, 0.05) is 34.8 Å². The van der Waals surface area contributed by atoms with Crippen molar-refractivity contribution in [3.8, 4) is 28.3 Å². The molecule has 2 atom stereocenters. The Balaban J connectivity index is 1.50. The zero-order valence-electron chi connectivity index (χ0n) is 27.1. The molecule has 248 valence electrons. The van der Waals surface area contributed by atoms with Crippen LogP contribution in [0.4, 0.5) is 4.39 Å². The van der Waals surface area contributed by atoms with Gasteiger partial charge in [-0.2, -0.15) is 0 Å². The van der Waals surface area contributed by atoms with Crippen LogP contribution in [0.1, 0.15) is 61.7 Å². The molecule has 3 N–H and O–H groups in total. The van der Waals surface area contributed by atoms with Gasteiger partial charge in [-0.15, -0.1) is 11.3 Å². The molecular formula is C35H38ClFN4O5S. The van der Waals surface area contributed by atoms with Crippen LogP contribution < -0.4 is 15.4 Å². The van der Waals surface area contributed by atoms with Gasteiger partial charge in [-0.05, 0) is 53.6 Å². The Kier molecular flexibility index (Phi) is 11.4. The van der Waals surface area contributed by atoms with Gasteiger partial charge in [0.05, 0.1) is 16.5 Å². The number of aliphatic carboxylic acids is 1. The maximum Gasteiger partial charge on any atom is 0.325 e. The van der Waals surface area contributed by atoms with Crippen molar-refractivity contribution in [1.29, 1.82) is 0 Å². The van der Waals surface area contributed by atoms with Gasteiger partial charge in [-0.25, -0.2) is 14.4 Å². The van der Waals surface area contributed by atoms with Crippen LogP contribution >= 0.6 is 22.9 Å². The molecule has 0 fully saturated rings. The third-order valence-electron chi connectivity index (χ3n) is 7.12. The van der Waals surface area contributed by atoms with Crippen LogP contribution in [0.2, 0.25) is 5.02 Å². The summed E-state index contributed by atoms with van der Waals surface area (Å²) < 4.78 is 20.1. The Labute approximate surface area is 282 Å². The largest absolute Gasteiger partial charge is 0.490 e. The fraction of sp³-hybridized carbons (Fsp3) is 0.343. The second kappa shape index (κ2) is 15.0. The third kappa shape index (κ3) is 9.36. The minimum atomic E-state index is -1.19. The second-order valence-electron chi connectivity index (χ2n) is 12.7. The summed E-state index contributed by atoms with van der Waals surface area (Å²) in [5.74, 6) is -2.12. The number of halogens is 2. The van der Waals surface area contributed by atoms with Gasteiger partial charge < -0.3 is 20.5 Å². The Morgan fingerprint density at radius 2 is 1.62 bits per heavy atom. The van der Waals surface area contributed by atoms with Crippen LogP contribution in [0.25, 0.3) is 22.5 Å². The first-order chi connectivity index (χ1) is 22.1. The minimum Gasteiger partial charge on any atom is -0.490 e. The number of benzene rings is 2. The molecule has 4 aromatic rings. The van der Waals surface area contributed by atoms with Gasteiger partial charge in [0.15, 0.2) is 17.4 Å². The number of amides is 2. The quantitative estimate of drug-likeness (QED) is 0.148. The summed E-state index contributed by atoms with van der Waals surface area (Å²) in [7, 11) is 0. The van der Waals surface area contributed by atoms with E-state index in [4.69, 9.17) is 16.3 Å². The number of nitrogens with one attached hydrogen (secondary N) is 2. The van der Waals surface area contributed by atoms with E-state index in [-0.39, 0.29) is 28.5 Å². The summed E-state index contributed by atoms with van der Waals surface area (Å²) in [6.45, 7) is 11.8. The van der Waals surface area contributed by atoms with Crippen molar-refractivity contribution < 1.29 is 28.6 Å². The molecule has 4 rings (SSSR count). The van der Waals surface area contributed by atoms with Gasteiger partial charge in [0.25, 0.3) is 5.91 Å². The Hall–Kier alpha value is -4.35. The molecule has 0 saturated carbocycles. The maximum atomic E-state index is 14.5. The number of hydrogen-bond donors (Lipinski definition) is 3. The topological polar surface area (TPSA) is 131 Å². The molecular weight excluding hydrogens is 643 g/mol. The molecule has 2 aromatic heterocycles. The molecule has 2 heterocycles. The first kappa shape index (κ1) is 35.5. The Morgan fingerprint density at radius 3 is 2.19 bits per heavy atom. The number of carbonyl (C=O) groups excluding carboxylic acids is 2. The molecule has 2 amide bonds. The normalized spacial score (nSPS) is 12.8. The molecule has 9 nitrogen and oxygen atoms in total. The maximum absolute atomic E-state index is 14.5. The summed E-state index contributed by atoms with van der Waals surface area (Å²) in [6.07, 6.45) is 3.34. The Bertz CT molecular complexity index is 1740. The summed E-state index contributed by atoms with van der Waals surface area (Å²) >= 11 is 7.48. The predicted molar refractivity (Wildman–Crippen MR) is 181 cm³/mol. The van der Waals surface area contributed by atoms with E-state index in [0.717, 1.165) is 10.4 Å². The third-order valence-corrected chi connectivity index (χ3v) is 8.91. The van der Waals surface area contributed by atoms with E-state index in [2.05, 4.69) is 41.4 Å². The lowest BCUT2D eigenvalue weighted by Gasteiger charge is -2.20. The molecule has 0 bridgehead atoms. The minimum absolute atomic E-state index is 0.0616. The SMILES string of the molecule is CC(C)COc1cc(-c2cnc(-c3ccc(C[C@H](NC(=O)c4ccc(C(C)(C)C)s4)C(=O)N[C@H](C)C(=O)O)cc3)nc2)cc(Cl)c1F. The number of ether oxygens (including phenoxy) is 1. The van der Waals surface area contributed by atoms with E-state index >= 15 is 0 Å². The van der Waals surface area contributed by atoms with Gasteiger partial charge >= 0.3 is 5.97 Å². The second-order valence-corrected chi connectivity index (χ2v) is 14.2. The molecule has 0 radical (unpaired) electrons. The van der Waals surface area contributed by atoms with Crippen LogP contribution in [0.3, 0.4) is 0 Å². The van der Waals surface area contributed by atoms with Gasteiger partial charge in [-0.1, -0.05) is 70.5 Å². The highest BCUT2D eigenvalue weighted by atomic mass is 35.5. The van der Waals surface area contributed by atoms with E-state index in [0.29, 0.717) is 34.0 Å². The van der Waals surface area contributed by atoms with E-state index < -0.39 is 35.7 Å². The monoisotopic (exact) mass is 680 g/mol. The molecule has 0 aliphatic heterocycles.